The molecule has 72 valence electrons. The van der Waals surface area contributed by atoms with Gasteiger partial charge in [-0.05, 0) is 26.3 Å². The van der Waals surface area contributed by atoms with Crippen molar-refractivity contribution in [3.05, 3.63) is 0 Å². The Balaban J connectivity index is 0.00000121. The van der Waals surface area contributed by atoms with Gasteiger partial charge in [-0.15, -0.1) is 12.4 Å². The first kappa shape index (κ1) is 11.7. The zero-order valence-corrected chi connectivity index (χ0v) is 7.95. The van der Waals surface area contributed by atoms with Gasteiger partial charge in [-0.2, -0.15) is 5.48 Å². The number of rotatable bonds is 3. The van der Waals surface area contributed by atoms with Gasteiger partial charge in [0.1, 0.15) is 6.04 Å². The lowest BCUT2D eigenvalue weighted by Crippen LogP contribution is -2.35. The Bertz CT molecular complexity index is 137. The average molecular weight is 195 g/mol. The van der Waals surface area contributed by atoms with Crippen LogP contribution in [0.15, 0.2) is 0 Å². The van der Waals surface area contributed by atoms with Crippen molar-refractivity contribution in [1.29, 1.82) is 0 Å². The van der Waals surface area contributed by atoms with Gasteiger partial charge < -0.3 is 10.2 Å². The highest BCUT2D eigenvalue weighted by Crippen LogP contribution is 2.05. The molecule has 0 bridgehead atoms. The van der Waals surface area contributed by atoms with Crippen molar-refractivity contribution in [3.8, 4) is 0 Å². The Morgan fingerprint density at radius 1 is 1.75 bits per heavy atom. The lowest BCUT2D eigenvalue weighted by molar-refractivity contribution is -0.153. The minimum atomic E-state index is -0.190. The topological polar surface area (TPSA) is 50.4 Å². The van der Waals surface area contributed by atoms with Crippen LogP contribution in [0.4, 0.5) is 0 Å². The molecule has 1 rings (SSSR count). The zero-order valence-electron chi connectivity index (χ0n) is 7.13. The monoisotopic (exact) mass is 194 g/mol. The Labute approximate surface area is 78.4 Å². The van der Waals surface area contributed by atoms with Crippen molar-refractivity contribution in [3.63, 3.8) is 0 Å². The van der Waals surface area contributed by atoms with E-state index in [1.807, 2.05) is 6.92 Å². The third-order valence-corrected chi connectivity index (χ3v) is 1.66. The van der Waals surface area contributed by atoms with Gasteiger partial charge in [-0.3, -0.25) is 0 Å². The van der Waals surface area contributed by atoms with E-state index in [9.17, 15) is 4.79 Å². The molecule has 0 saturated carbocycles. The van der Waals surface area contributed by atoms with Crippen LogP contribution >= 0.6 is 12.4 Å². The molecule has 0 aliphatic carbocycles. The van der Waals surface area contributed by atoms with Crippen LogP contribution < -0.4 is 10.8 Å². The van der Waals surface area contributed by atoms with Crippen LogP contribution in [0.2, 0.25) is 0 Å². The lowest BCUT2D eigenvalue weighted by Gasteiger charge is -2.08. The van der Waals surface area contributed by atoms with E-state index in [0.717, 1.165) is 19.4 Å². The van der Waals surface area contributed by atoms with Crippen LogP contribution in [0.25, 0.3) is 0 Å². The predicted octanol–water partition coefficient (Wildman–Crippen LogP) is 0.228. The van der Waals surface area contributed by atoms with Crippen LogP contribution in [0, 0.1) is 0 Å². The van der Waals surface area contributed by atoms with Gasteiger partial charge in [-0.1, -0.05) is 0 Å². The zero-order chi connectivity index (χ0) is 8.10. The summed E-state index contributed by atoms with van der Waals surface area (Å²) in [7, 11) is 0. The summed E-state index contributed by atoms with van der Waals surface area (Å²) in [6.07, 6.45) is 1.95. The first-order valence-corrected chi connectivity index (χ1v) is 4.01. The van der Waals surface area contributed by atoms with Gasteiger partial charge in [0, 0.05) is 6.54 Å². The molecule has 1 aliphatic rings. The van der Waals surface area contributed by atoms with E-state index in [4.69, 9.17) is 4.84 Å². The summed E-state index contributed by atoms with van der Waals surface area (Å²) >= 11 is 0. The molecule has 0 amide bonds. The standard InChI is InChI=1S/C7H14N2O2.ClH/c1-2-9-11-7(10)6-4-3-5-8-6;/h6,8-9H,2-5H2,1H3;1H/t6-;/m0./s1. The number of halogens is 1. The smallest absolute Gasteiger partial charge is 0.341 e. The number of hydroxylamine groups is 1. The second kappa shape index (κ2) is 6.22. The van der Waals surface area contributed by atoms with Gasteiger partial charge in [0.25, 0.3) is 0 Å². The molecule has 0 radical (unpaired) electrons. The first-order valence-electron chi connectivity index (χ1n) is 4.01. The van der Waals surface area contributed by atoms with Crippen molar-refractivity contribution in [2.75, 3.05) is 13.1 Å². The summed E-state index contributed by atoms with van der Waals surface area (Å²) in [5, 5.41) is 3.05. The molecule has 0 aromatic heterocycles. The molecule has 0 aromatic carbocycles. The number of nitrogens with one attached hydrogen (secondary N) is 2. The summed E-state index contributed by atoms with van der Waals surface area (Å²) < 4.78 is 0. The number of carbonyl (C=O) groups is 1. The minimum Gasteiger partial charge on any atom is -0.369 e. The Kier molecular flexibility index (Phi) is 6.06. The summed E-state index contributed by atoms with van der Waals surface area (Å²) in [5.74, 6) is -0.190. The minimum absolute atomic E-state index is 0. The van der Waals surface area contributed by atoms with Crippen LogP contribution in [0.5, 0.6) is 0 Å². The fourth-order valence-electron chi connectivity index (χ4n) is 1.10. The number of carbonyl (C=O) groups excluding carboxylic acids is 1. The van der Waals surface area contributed by atoms with Crippen LogP contribution in [-0.2, 0) is 9.63 Å². The van der Waals surface area contributed by atoms with Gasteiger partial charge in [0.05, 0.1) is 0 Å². The Hall–Kier alpha value is -0.320. The molecular formula is C7H15ClN2O2. The molecule has 1 fully saturated rings. The van der Waals surface area contributed by atoms with Gasteiger partial charge in [0.15, 0.2) is 0 Å². The molecule has 1 heterocycles. The van der Waals surface area contributed by atoms with E-state index in [0.29, 0.717) is 6.54 Å². The van der Waals surface area contributed by atoms with Crippen LogP contribution in [0.1, 0.15) is 19.8 Å². The first-order chi connectivity index (χ1) is 5.34. The maximum atomic E-state index is 11.1. The predicted molar refractivity (Wildman–Crippen MR) is 48.0 cm³/mol. The molecule has 2 N–H and O–H groups in total. The maximum Gasteiger partial charge on any atom is 0.341 e. The highest BCUT2D eigenvalue weighted by molar-refractivity contribution is 5.85. The molecule has 1 saturated heterocycles. The molecular weight excluding hydrogens is 180 g/mol. The molecule has 5 heteroatoms. The quantitative estimate of drug-likeness (QED) is 0.632. The van der Waals surface area contributed by atoms with E-state index in [-0.39, 0.29) is 24.4 Å². The largest absolute Gasteiger partial charge is 0.369 e. The number of hydrogen-bond donors (Lipinski definition) is 2. The van der Waals surface area contributed by atoms with E-state index in [1.165, 1.54) is 0 Å². The SMILES string of the molecule is CCNOC(=O)[C@@H]1CCCN1.Cl. The van der Waals surface area contributed by atoms with Gasteiger partial charge in [0.2, 0.25) is 0 Å². The molecule has 4 nitrogen and oxygen atoms in total. The summed E-state index contributed by atoms with van der Waals surface area (Å²) in [6, 6.07) is -0.0888. The fourth-order valence-corrected chi connectivity index (χ4v) is 1.10. The second-order valence-corrected chi connectivity index (χ2v) is 2.57. The molecule has 1 aliphatic heterocycles. The van der Waals surface area contributed by atoms with Crippen molar-refractivity contribution >= 4 is 18.4 Å². The van der Waals surface area contributed by atoms with Crippen LogP contribution in [0.3, 0.4) is 0 Å². The summed E-state index contributed by atoms with van der Waals surface area (Å²) in [6.45, 7) is 3.46. The van der Waals surface area contributed by atoms with Crippen molar-refractivity contribution in [2.24, 2.45) is 0 Å². The second-order valence-electron chi connectivity index (χ2n) is 2.57. The van der Waals surface area contributed by atoms with E-state index >= 15 is 0 Å². The third-order valence-electron chi connectivity index (χ3n) is 1.66. The van der Waals surface area contributed by atoms with E-state index in [2.05, 4.69) is 10.8 Å². The summed E-state index contributed by atoms with van der Waals surface area (Å²) in [5.41, 5.74) is 2.54. The third kappa shape index (κ3) is 3.38. The van der Waals surface area contributed by atoms with Crippen molar-refractivity contribution in [1.82, 2.24) is 10.8 Å². The maximum absolute atomic E-state index is 11.1. The molecule has 1 atom stereocenters. The molecule has 0 unspecified atom stereocenters. The van der Waals surface area contributed by atoms with E-state index < -0.39 is 0 Å². The Morgan fingerprint density at radius 2 is 2.50 bits per heavy atom. The highest BCUT2D eigenvalue weighted by Gasteiger charge is 2.23. The van der Waals surface area contributed by atoms with E-state index in [1.54, 1.807) is 0 Å². The van der Waals surface area contributed by atoms with Gasteiger partial charge >= 0.3 is 5.97 Å². The Morgan fingerprint density at radius 3 is 3.00 bits per heavy atom. The lowest BCUT2D eigenvalue weighted by atomic mass is 10.2. The summed E-state index contributed by atoms with van der Waals surface area (Å²) in [4.78, 5) is 15.8. The molecule has 0 spiro atoms. The van der Waals surface area contributed by atoms with Crippen molar-refractivity contribution in [2.45, 2.75) is 25.8 Å². The fraction of sp³-hybridized carbons (Fsp3) is 0.857. The highest BCUT2D eigenvalue weighted by atomic mass is 35.5. The van der Waals surface area contributed by atoms with Gasteiger partial charge in [-0.25, -0.2) is 4.79 Å². The molecule has 12 heavy (non-hydrogen) atoms. The van der Waals surface area contributed by atoms with Crippen LogP contribution in [-0.4, -0.2) is 25.1 Å². The van der Waals surface area contributed by atoms with Crippen molar-refractivity contribution < 1.29 is 9.63 Å². The average Bonchev–Trinajstić information content (AvgIpc) is 2.52. The normalized spacial score (nSPS) is 21.6. The number of hydrogen-bond acceptors (Lipinski definition) is 4. The molecule has 0 aromatic rings.